The van der Waals surface area contributed by atoms with Gasteiger partial charge in [0, 0.05) is 23.7 Å². The van der Waals surface area contributed by atoms with Crippen molar-refractivity contribution < 1.29 is 29.0 Å². The fourth-order valence-corrected chi connectivity index (χ4v) is 6.09. The number of carbonyl (C=O) groups excluding carboxylic acids is 3. The van der Waals surface area contributed by atoms with Gasteiger partial charge in [-0.15, -0.1) is 0 Å². The Bertz CT molecular complexity index is 1450. The number of rotatable bonds is 7. The molecule has 0 bridgehead atoms. The number of ketones is 1. The van der Waals surface area contributed by atoms with Gasteiger partial charge in [-0.1, -0.05) is 36.4 Å². The van der Waals surface area contributed by atoms with Gasteiger partial charge in [0.15, 0.2) is 11.5 Å². The molecule has 3 N–H and O–H groups in total. The summed E-state index contributed by atoms with van der Waals surface area (Å²) >= 11 is 3.50. The monoisotopic (exact) mass is 608 g/mol. The first kappa shape index (κ1) is 29.3. The molecule has 0 aromatic heterocycles. The number of nitrogens with one attached hydrogen (secondary N) is 2. The number of amides is 2. The van der Waals surface area contributed by atoms with Gasteiger partial charge in [-0.3, -0.25) is 14.4 Å². The van der Waals surface area contributed by atoms with Gasteiger partial charge in [0.1, 0.15) is 11.7 Å². The van der Waals surface area contributed by atoms with Crippen molar-refractivity contribution in [3.05, 3.63) is 81.8 Å². The number of hydrogen-bond acceptors (Lipinski definition) is 6. The van der Waals surface area contributed by atoms with E-state index in [9.17, 15) is 19.5 Å². The van der Waals surface area contributed by atoms with Gasteiger partial charge in [-0.25, -0.2) is 0 Å². The zero-order valence-corrected chi connectivity index (χ0v) is 24.7. The lowest BCUT2D eigenvalue weighted by atomic mass is 9.61. The van der Waals surface area contributed by atoms with Crippen LogP contribution >= 0.6 is 15.9 Å². The van der Waals surface area contributed by atoms with Crippen molar-refractivity contribution in [2.45, 2.75) is 38.7 Å². The minimum absolute atomic E-state index is 0.348. The summed E-state index contributed by atoms with van der Waals surface area (Å²) in [5.74, 6) is -4.22. The molecule has 0 spiro atoms. The topological polar surface area (TPSA) is 114 Å². The fraction of sp³-hybridized carbons (Fsp3) is 0.323. The Labute approximate surface area is 242 Å². The smallest absolute Gasteiger partial charge is 0.235 e. The van der Waals surface area contributed by atoms with E-state index in [-0.39, 0.29) is 6.42 Å². The quantitative estimate of drug-likeness (QED) is 0.309. The summed E-state index contributed by atoms with van der Waals surface area (Å²) in [4.78, 5) is 41.5. The number of ether oxygens (including phenoxy) is 2. The third-order valence-corrected chi connectivity index (χ3v) is 8.07. The van der Waals surface area contributed by atoms with Crippen LogP contribution in [0.1, 0.15) is 36.0 Å². The minimum atomic E-state index is -1.74. The van der Waals surface area contributed by atoms with Gasteiger partial charge < -0.3 is 25.2 Å². The molecule has 1 aliphatic carbocycles. The number of carbonyl (C=O) groups is 3. The van der Waals surface area contributed by atoms with Crippen LogP contribution in [-0.4, -0.2) is 42.5 Å². The van der Waals surface area contributed by atoms with Crippen LogP contribution in [0.5, 0.6) is 11.5 Å². The van der Waals surface area contributed by atoms with Crippen molar-refractivity contribution in [2.24, 2.45) is 11.8 Å². The van der Waals surface area contributed by atoms with E-state index < -0.39 is 41.0 Å². The first-order valence-electron chi connectivity index (χ1n) is 12.9. The highest BCUT2D eigenvalue weighted by atomic mass is 79.9. The van der Waals surface area contributed by atoms with Crippen molar-refractivity contribution in [3.63, 3.8) is 0 Å². The number of methoxy groups -OCH3 is 2. The van der Waals surface area contributed by atoms with Crippen LogP contribution in [0, 0.1) is 25.7 Å². The van der Waals surface area contributed by atoms with Gasteiger partial charge in [0.2, 0.25) is 11.8 Å². The van der Waals surface area contributed by atoms with Crippen LogP contribution in [0.2, 0.25) is 0 Å². The molecule has 4 rings (SSSR count). The molecule has 1 fully saturated rings. The molecule has 0 radical (unpaired) electrons. The second-order valence-corrected chi connectivity index (χ2v) is 11.2. The standard InChI is InChI=1S/C31H33BrN2O6/c1-17-10-6-8-12-21(17)33-29(36)26-23(35)16-31(3,38)27(30(37)34-22-13-9-7-11-18(22)2)25(26)19-14-20(32)28(40-5)24(15-19)39-4/h6-15,25-27,38H,16H2,1-5H3,(H,33,36)(H,34,37). The highest BCUT2D eigenvalue weighted by Gasteiger charge is 2.56. The zero-order valence-electron chi connectivity index (χ0n) is 23.1. The Morgan fingerprint density at radius 1 is 0.925 bits per heavy atom. The van der Waals surface area contributed by atoms with Crippen molar-refractivity contribution in [3.8, 4) is 11.5 Å². The van der Waals surface area contributed by atoms with Crippen LogP contribution in [0.25, 0.3) is 0 Å². The minimum Gasteiger partial charge on any atom is -0.493 e. The van der Waals surface area contributed by atoms with E-state index in [1.807, 2.05) is 38.1 Å². The summed E-state index contributed by atoms with van der Waals surface area (Å²) in [6.45, 7) is 5.18. The number of aryl methyl sites for hydroxylation is 2. The molecule has 8 nitrogen and oxygen atoms in total. The van der Waals surface area contributed by atoms with E-state index in [4.69, 9.17) is 9.47 Å². The number of Topliss-reactive ketones (excluding diaryl/α,β-unsaturated/α-hetero) is 1. The number of anilines is 2. The van der Waals surface area contributed by atoms with Gasteiger partial charge in [-0.2, -0.15) is 0 Å². The van der Waals surface area contributed by atoms with Crippen LogP contribution in [0.4, 0.5) is 11.4 Å². The molecule has 4 atom stereocenters. The third-order valence-electron chi connectivity index (χ3n) is 7.48. The summed E-state index contributed by atoms with van der Waals surface area (Å²) in [5, 5.41) is 17.4. The average Bonchev–Trinajstić information content (AvgIpc) is 2.89. The number of benzene rings is 3. The molecule has 0 heterocycles. The van der Waals surface area contributed by atoms with Gasteiger partial charge in [0.05, 0.1) is 30.2 Å². The molecule has 4 unspecified atom stereocenters. The Morgan fingerprint density at radius 2 is 1.48 bits per heavy atom. The maximum atomic E-state index is 14.0. The van der Waals surface area contributed by atoms with Crippen molar-refractivity contribution in [2.75, 3.05) is 24.9 Å². The summed E-state index contributed by atoms with van der Waals surface area (Å²) < 4.78 is 11.5. The lowest BCUT2D eigenvalue weighted by molar-refractivity contribution is -0.150. The van der Waals surface area contributed by atoms with E-state index in [1.165, 1.54) is 21.1 Å². The lowest BCUT2D eigenvalue weighted by Gasteiger charge is -2.44. The number of para-hydroxylation sites is 2. The second kappa shape index (κ2) is 11.8. The van der Waals surface area contributed by atoms with E-state index in [0.717, 1.165) is 11.1 Å². The first-order chi connectivity index (χ1) is 19.0. The molecule has 210 valence electrons. The van der Waals surface area contributed by atoms with Crippen molar-refractivity contribution in [1.29, 1.82) is 0 Å². The second-order valence-electron chi connectivity index (χ2n) is 10.3. The third kappa shape index (κ3) is 5.76. The summed E-state index contributed by atoms with van der Waals surface area (Å²) in [5.41, 5.74) is 1.52. The summed E-state index contributed by atoms with van der Waals surface area (Å²) in [6.07, 6.45) is -0.365. The molecular weight excluding hydrogens is 576 g/mol. The number of halogens is 1. The summed E-state index contributed by atoms with van der Waals surface area (Å²) in [6, 6.07) is 17.9. The van der Waals surface area contributed by atoms with Gasteiger partial charge in [-0.05, 0) is 77.7 Å². The maximum absolute atomic E-state index is 14.0. The molecule has 1 saturated carbocycles. The van der Waals surface area contributed by atoms with Crippen LogP contribution < -0.4 is 20.1 Å². The highest BCUT2D eigenvalue weighted by molar-refractivity contribution is 9.10. The molecule has 3 aromatic rings. The molecule has 0 saturated heterocycles. The van der Waals surface area contributed by atoms with Crippen LogP contribution in [0.15, 0.2) is 65.1 Å². The predicted molar refractivity (Wildman–Crippen MR) is 157 cm³/mol. The Balaban J connectivity index is 1.87. The van der Waals surface area contributed by atoms with Crippen molar-refractivity contribution >= 4 is 44.9 Å². The lowest BCUT2D eigenvalue weighted by Crippen LogP contribution is -2.56. The van der Waals surface area contributed by atoms with Gasteiger partial charge >= 0.3 is 0 Å². The Morgan fingerprint density at radius 3 is 2.00 bits per heavy atom. The molecule has 9 heteroatoms. The maximum Gasteiger partial charge on any atom is 0.235 e. The average molecular weight is 610 g/mol. The molecule has 3 aromatic carbocycles. The molecule has 40 heavy (non-hydrogen) atoms. The van der Waals surface area contributed by atoms with Crippen LogP contribution in [0.3, 0.4) is 0 Å². The SMILES string of the molecule is COc1cc(C2C(C(=O)Nc3ccccc3C)C(=O)CC(C)(O)C2C(=O)Nc2ccccc2C)cc(Br)c1OC. The predicted octanol–water partition coefficient (Wildman–Crippen LogP) is 5.40. The van der Waals surface area contributed by atoms with Gasteiger partial charge in [0.25, 0.3) is 0 Å². The first-order valence-corrected chi connectivity index (χ1v) is 13.7. The van der Waals surface area contributed by atoms with E-state index in [2.05, 4.69) is 26.6 Å². The molecular formula is C31H33BrN2O6. The number of hydrogen-bond donors (Lipinski definition) is 3. The van der Waals surface area contributed by atoms with E-state index >= 15 is 0 Å². The van der Waals surface area contributed by atoms with E-state index in [1.54, 1.807) is 36.4 Å². The fourth-order valence-electron chi connectivity index (χ4n) is 5.47. The summed E-state index contributed by atoms with van der Waals surface area (Å²) in [7, 11) is 2.97. The van der Waals surface area contributed by atoms with Crippen LogP contribution in [-0.2, 0) is 14.4 Å². The van der Waals surface area contributed by atoms with Crippen molar-refractivity contribution in [1.82, 2.24) is 0 Å². The molecule has 1 aliphatic rings. The molecule has 2 amide bonds. The van der Waals surface area contributed by atoms with E-state index in [0.29, 0.717) is 32.9 Å². The Hall–Kier alpha value is -3.69. The normalized spacial score (nSPS) is 22.4. The largest absolute Gasteiger partial charge is 0.493 e. The highest BCUT2D eigenvalue weighted by Crippen LogP contribution is 2.49. The number of aliphatic hydroxyl groups is 1. The Kier molecular flexibility index (Phi) is 8.65. The molecule has 0 aliphatic heterocycles. The zero-order chi connectivity index (χ0) is 29.2.